The fraction of sp³-hybridized carbons (Fsp3) is 0.500. The predicted molar refractivity (Wildman–Crippen MR) is 67.9 cm³/mol. The van der Waals surface area contributed by atoms with E-state index < -0.39 is 0 Å². The van der Waals surface area contributed by atoms with Crippen LogP contribution in [0.4, 0.5) is 5.69 Å². The van der Waals surface area contributed by atoms with Gasteiger partial charge in [0.2, 0.25) is 0 Å². The lowest BCUT2D eigenvalue weighted by atomic mass is 10.1. The number of aliphatic hydroxyl groups is 1. The number of nitrogens with zero attached hydrogens (tertiary/aromatic N) is 2. The van der Waals surface area contributed by atoms with E-state index in [1.54, 1.807) is 11.0 Å². The second-order valence-corrected chi connectivity index (χ2v) is 4.49. The van der Waals surface area contributed by atoms with Gasteiger partial charge in [0.05, 0.1) is 23.9 Å². The van der Waals surface area contributed by atoms with Crippen molar-refractivity contribution in [2.45, 2.75) is 25.8 Å². The smallest absolute Gasteiger partial charge is 0.257 e. The van der Waals surface area contributed by atoms with Gasteiger partial charge in [0, 0.05) is 18.4 Å². The van der Waals surface area contributed by atoms with E-state index in [1.165, 1.54) is 6.20 Å². The van der Waals surface area contributed by atoms with Crippen molar-refractivity contribution in [1.82, 2.24) is 9.88 Å². The van der Waals surface area contributed by atoms with E-state index in [0.29, 0.717) is 17.8 Å². The summed E-state index contributed by atoms with van der Waals surface area (Å²) in [6.45, 7) is 2.50. The number of hydrogen-bond acceptors (Lipinski definition) is 5. The molecule has 0 radical (unpaired) electrons. The molecule has 4 N–H and O–H groups in total. The molecule has 2 heterocycles. The molecule has 1 aliphatic heterocycles. The minimum Gasteiger partial charge on any atom is -0.394 e. The van der Waals surface area contributed by atoms with Crippen molar-refractivity contribution >= 4 is 11.6 Å². The van der Waals surface area contributed by atoms with Gasteiger partial charge in [0.25, 0.3) is 5.91 Å². The van der Waals surface area contributed by atoms with Crippen molar-refractivity contribution in [2.24, 2.45) is 5.84 Å². The summed E-state index contributed by atoms with van der Waals surface area (Å²) >= 11 is 0. The van der Waals surface area contributed by atoms with Gasteiger partial charge in [-0.15, -0.1) is 0 Å². The number of amides is 1. The molecule has 0 saturated carbocycles. The molecule has 1 aromatic rings. The number of hydrazine groups is 1. The number of aromatic nitrogens is 1. The standard InChI is InChI=1S/C12H18N4O2/c1-8-5-11(15-13)10(6-14-8)12(18)16-4-2-3-9(16)7-17/h5-6,9,17H,2-4,7,13H2,1H3,(H,14,15). The SMILES string of the molecule is Cc1cc(NN)c(C(=O)N2CCCC2CO)cn1. The zero-order valence-corrected chi connectivity index (χ0v) is 10.4. The summed E-state index contributed by atoms with van der Waals surface area (Å²) < 4.78 is 0. The summed E-state index contributed by atoms with van der Waals surface area (Å²) in [5.41, 5.74) is 4.33. The second-order valence-electron chi connectivity index (χ2n) is 4.49. The van der Waals surface area contributed by atoms with Crippen LogP contribution in [0.15, 0.2) is 12.3 Å². The number of hydrogen-bond donors (Lipinski definition) is 3. The van der Waals surface area contributed by atoms with Gasteiger partial charge in [-0.2, -0.15) is 0 Å². The quantitative estimate of drug-likeness (QED) is 0.529. The lowest BCUT2D eigenvalue weighted by molar-refractivity contribution is 0.0678. The Morgan fingerprint density at radius 1 is 1.72 bits per heavy atom. The molecule has 0 aliphatic carbocycles. The maximum Gasteiger partial charge on any atom is 0.257 e. The van der Waals surface area contributed by atoms with Crippen molar-refractivity contribution in [2.75, 3.05) is 18.6 Å². The summed E-state index contributed by atoms with van der Waals surface area (Å²) in [6, 6.07) is 1.64. The lowest BCUT2D eigenvalue weighted by Crippen LogP contribution is -2.38. The molecule has 0 aromatic carbocycles. The number of nitrogens with two attached hydrogens (primary N) is 1. The number of rotatable bonds is 3. The van der Waals surface area contributed by atoms with Crippen LogP contribution in [0.2, 0.25) is 0 Å². The fourth-order valence-electron chi connectivity index (χ4n) is 2.30. The number of pyridine rings is 1. The highest BCUT2D eigenvalue weighted by atomic mass is 16.3. The molecule has 1 saturated heterocycles. The van der Waals surface area contributed by atoms with Gasteiger partial charge in [-0.05, 0) is 25.8 Å². The average Bonchev–Trinajstić information content (AvgIpc) is 2.86. The Bertz CT molecular complexity index is 450. The third kappa shape index (κ3) is 2.30. The Kier molecular flexibility index (Phi) is 3.78. The zero-order valence-electron chi connectivity index (χ0n) is 10.4. The van der Waals surface area contributed by atoms with Crippen LogP contribution in [-0.2, 0) is 0 Å². The number of aryl methyl sites for hydroxylation is 1. The Hall–Kier alpha value is -1.66. The predicted octanol–water partition coefficient (Wildman–Crippen LogP) is 0.273. The monoisotopic (exact) mass is 250 g/mol. The number of anilines is 1. The Labute approximate surface area is 106 Å². The molecule has 1 aliphatic rings. The zero-order chi connectivity index (χ0) is 13.1. The number of nitrogens with one attached hydrogen (secondary N) is 1. The normalized spacial score (nSPS) is 19.1. The van der Waals surface area contributed by atoms with Crippen LogP contribution in [0.3, 0.4) is 0 Å². The highest BCUT2D eigenvalue weighted by Gasteiger charge is 2.30. The van der Waals surface area contributed by atoms with Gasteiger partial charge in [0.1, 0.15) is 0 Å². The first-order valence-corrected chi connectivity index (χ1v) is 6.02. The third-order valence-corrected chi connectivity index (χ3v) is 3.28. The number of carbonyl (C=O) groups excluding carboxylic acids is 1. The van der Waals surface area contributed by atoms with Crippen LogP contribution in [0.25, 0.3) is 0 Å². The number of aliphatic hydroxyl groups excluding tert-OH is 1. The summed E-state index contributed by atoms with van der Waals surface area (Å²) in [7, 11) is 0. The number of nitrogen functional groups attached to an aromatic ring is 1. The van der Waals surface area contributed by atoms with Gasteiger partial charge in [-0.3, -0.25) is 15.6 Å². The summed E-state index contributed by atoms with van der Waals surface area (Å²) in [4.78, 5) is 18.2. The second kappa shape index (κ2) is 5.32. The first-order valence-electron chi connectivity index (χ1n) is 6.02. The van der Waals surface area contributed by atoms with E-state index in [-0.39, 0.29) is 18.6 Å². The van der Waals surface area contributed by atoms with E-state index in [1.807, 2.05) is 6.92 Å². The van der Waals surface area contributed by atoms with Crippen molar-refractivity contribution in [3.63, 3.8) is 0 Å². The van der Waals surface area contributed by atoms with Gasteiger partial charge in [0.15, 0.2) is 0 Å². The van der Waals surface area contributed by atoms with E-state index in [9.17, 15) is 9.90 Å². The molecular formula is C12H18N4O2. The van der Waals surface area contributed by atoms with Gasteiger partial charge >= 0.3 is 0 Å². The third-order valence-electron chi connectivity index (χ3n) is 3.28. The molecule has 6 nitrogen and oxygen atoms in total. The van der Waals surface area contributed by atoms with Crippen molar-refractivity contribution in [3.05, 3.63) is 23.5 Å². The average molecular weight is 250 g/mol. The molecule has 1 aromatic heterocycles. The van der Waals surface area contributed by atoms with Crippen LogP contribution in [0.1, 0.15) is 28.9 Å². The minimum absolute atomic E-state index is 0.00355. The molecule has 1 fully saturated rings. The summed E-state index contributed by atoms with van der Waals surface area (Å²) in [6.07, 6.45) is 3.29. The molecule has 98 valence electrons. The summed E-state index contributed by atoms with van der Waals surface area (Å²) in [5.74, 6) is 5.29. The highest BCUT2D eigenvalue weighted by Crippen LogP contribution is 2.23. The number of carbonyl (C=O) groups is 1. The van der Waals surface area contributed by atoms with Crippen LogP contribution in [-0.4, -0.2) is 40.1 Å². The van der Waals surface area contributed by atoms with Crippen LogP contribution < -0.4 is 11.3 Å². The minimum atomic E-state index is -0.132. The van der Waals surface area contributed by atoms with Gasteiger partial charge in [-0.25, -0.2) is 0 Å². The Balaban J connectivity index is 2.28. The topological polar surface area (TPSA) is 91.5 Å². The van der Waals surface area contributed by atoms with Crippen molar-refractivity contribution < 1.29 is 9.90 Å². The van der Waals surface area contributed by atoms with E-state index in [0.717, 1.165) is 18.5 Å². The van der Waals surface area contributed by atoms with Crippen LogP contribution in [0.5, 0.6) is 0 Å². The van der Waals surface area contributed by atoms with E-state index >= 15 is 0 Å². The van der Waals surface area contributed by atoms with Crippen LogP contribution in [0, 0.1) is 6.92 Å². The first-order chi connectivity index (χ1) is 8.67. The highest BCUT2D eigenvalue weighted by molar-refractivity contribution is 5.99. The van der Waals surface area contributed by atoms with E-state index in [2.05, 4.69) is 10.4 Å². The maximum absolute atomic E-state index is 12.4. The van der Waals surface area contributed by atoms with E-state index in [4.69, 9.17) is 5.84 Å². The maximum atomic E-state index is 12.4. The van der Waals surface area contributed by atoms with Gasteiger partial charge < -0.3 is 15.4 Å². The Morgan fingerprint density at radius 3 is 3.17 bits per heavy atom. The summed E-state index contributed by atoms with van der Waals surface area (Å²) in [5, 5.41) is 9.25. The Morgan fingerprint density at radius 2 is 2.50 bits per heavy atom. The first kappa shape index (κ1) is 12.8. The molecule has 1 unspecified atom stereocenters. The lowest BCUT2D eigenvalue weighted by Gasteiger charge is -2.24. The largest absolute Gasteiger partial charge is 0.394 e. The molecule has 0 spiro atoms. The molecule has 1 atom stereocenters. The van der Waals surface area contributed by atoms with Gasteiger partial charge in [-0.1, -0.05) is 0 Å². The molecule has 6 heteroatoms. The molecule has 18 heavy (non-hydrogen) atoms. The number of likely N-dealkylation sites (tertiary alicyclic amines) is 1. The fourth-order valence-corrected chi connectivity index (χ4v) is 2.30. The molecule has 0 bridgehead atoms. The van der Waals surface area contributed by atoms with Crippen molar-refractivity contribution in [1.29, 1.82) is 0 Å². The van der Waals surface area contributed by atoms with Crippen molar-refractivity contribution in [3.8, 4) is 0 Å². The molecule has 1 amide bonds. The van der Waals surface area contributed by atoms with Crippen LogP contribution >= 0.6 is 0 Å². The molecule has 2 rings (SSSR count). The molecular weight excluding hydrogens is 232 g/mol.